The highest BCUT2D eigenvalue weighted by Gasteiger charge is 2.52. The van der Waals surface area contributed by atoms with Crippen molar-refractivity contribution in [3.05, 3.63) is 12.2 Å². The van der Waals surface area contributed by atoms with Crippen LogP contribution >= 0.6 is 7.82 Å². The molecule has 1 amide bonds. The number of unbranched alkanes of at least 4 members (excludes halogenated alkanes) is 33. The standard InChI is InChI=1S/C70H134NO18P/c1-6-10-14-18-22-26-28-29-33-36-40-44-50-81-59(47-43-39-35-31-25-21-17-13-9-4)49-53-83-66-63(71-57(5)73)69(87-60(54-72)65(66)89-90(78,79)80)85-55-61-64(77)67(82-51-45-41-37-32-27-23-19-15-11-7-2)68(70(88-61)86-56-62(75)76)84-52-48-58(74)46-42-38-34-30-24-20-16-12-8-3/h26,28,58-61,63-70,72,74,77H,6-25,27,29-56H2,1-5H3,(H,71,73)(H,75,76)(H2,78,79,80)/b28-26-/t58?,59-,60-,61-,63-,64-,65-,66-,67+,68-,69-,70+/m1/s1. The first-order chi connectivity index (χ1) is 43.7. The molecule has 0 aromatic carbocycles. The third kappa shape index (κ3) is 42.7. The van der Waals surface area contributed by atoms with Crippen LogP contribution in [0.5, 0.6) is 0 Å². The molecule has 1 unspecified atom stereocenters. The number of hydrogen-bond acceptors (Lipinski definition) is 15. The van der Waals surface area contributed by atoms with E-state index >= 15 is 0 Å². The zero-order chi connectivity index (χ0) is 65.7. The van der Waals surface area contributed by atoms with E-state index < -0.39 is 107 Å². The lowest BCUT2D eigenvalue weighted by atomic mass is 9.96. The highest BCUT2D eigenvalue weighted by atomic mass is 31.2. The molecule has 0 radical (unpaired) electrons. The molecule has 0 aliphatic carbocycles. The van der Waals surface area contributed by atoms with Gasteiger partial charge in [-0.1, -0.05) is 245 Å². The van der Waals surface area contributed by atoms with E-state index in [1.165, 1.54) is 142 Å². The van der Waals surface area contributed by atoms with Gasteiger partial charge in [-0.25, -0.2) is 9.36 Å². The minimum Gasteiger partial charge on any atom is -0.480 e. The maximum absolute atomic E-state index is 13.1. The zero-order valence-corrected chi connectivity index (χ0v) is 58.2. The summed E-state index contributed by atoms with van der Waals surface area (Å²) in [6.45, 7) is 9.03. The van der Waals surface area contributed by atoms with Crippen LogP contribution in [0.15, 0.2) is 12.2 Å². The fourth-order valence-electron chi connectivity index (χ4n) is 12.1. The summed E-state index contributed by atoms with van der Waals surface area (Å²) in [6.07, 6.45) is 37.3. The third-order valence-electron chi connectivity index (χ3n) is 17.5. The minimum atomic E-state index is -5.26. The topological polar surface area (TPSA) is 268 Å². The van der Waals surface area contributed by atoms with Crippen molar-refractivity contribution >= 4 is 19.7 Å². The van der Waals surface area contributed by atoms with Crippen molar-refractivity contribution in [1.29, 1.82) is 0 Å². The van der Waals surface area contributed by atoms with Gasteiger partial charge in [-0.3, -0.25) is 9.32 Å². The second kappa shape index (κ2) is 56.5. The van der Waals surface area contributed by atoms with Gasteiger partial charge < -0.3 is 73.4 Å². The summed E-state index contributed by atoms with van der Waals surface area (Å²) in [5.41, 5.74) is 0. The van der Waals surface area contributed by atoms with Gasteiger partial charge in [-0.15, -0.1) is 0 Å². The summed E-state index contributed by atoms with van der Waals surface area (Å²) in [5, 5.41) is 46.6. The van der Waals surface area contributed by atoms with E-state index in [1.54, 1.807) is 0 Å². The summed E-state index contributed by atoms with van der Waals surface area (Å²) >= 11 is 0. The van der Waals surface area contributed by atoms with Gasteiger partial charge in [0.2, 0.25) is 5.91 Å². The molecule has 20 heteroatoms. The van der Waals surface area contributed by atoms with Gasteiger partial charge in [0, 0.05) is 33.4 Å². The Morgan fingerprint density at radius 3 is 1.46 bits per heavy atom. The molecule has 7 N–H and O–H groups in total. The molecule has 12 atom stereocenters. The molecular formula is C70H134NO18P. The van der Waals surface area contributed by atoms with Crippen molar-refractivity contribution in [3.63, 3.8) is 0 Å². The smallest absolute Gasteiger partial charge is 0.470 e. The number of aliphatic hydroxyl groups is 3. The van der Waals surface area contributed by atoms with E-state index in [9.17, 15) is 44.4 Å². The van der Waals surface area contributed by atoms with Crippen LogP contribution in [0.25, 0.3) is 0 Å². The quantitative estimate of drug-likeness (QED) is 0.0169. The number of allylic oxidation sites excluding steroid dienone is 2. The summed E-state index contributed by atoms with van der Waals surface area (Å²) in [6, 6.07) is -1.28. The molecule has 2 fully saturated rings. The van der Waals surface area contributed by atoms with Crippen molar-refractivity contribution < 1.29 is 86.8 Å². The molecule has 0 aromatic rings. The van der Waals surface area contributed by atoms with Crippen LogP contribution in [0.2, 0.25) is 0 Å². The summed E-state index contributed by atoms with van der Waals surface area (Å²) in [4.78, 5) is 45.5. The van der Waals surface area contributed by atoms with Crippen LogP contribution in [0, 0.1) is 0 Å². The number of carbonyl (C=O) groups excluding carboxylic acids is 1. The van der Waals surface area contributed by atoms with Gasteiger partial charge in [-0.2, -0.15) is 0 Å². The van der Waals surface area contributed by atoms with Crippen LogP contribution in [0.1, 0.15) is 304 Å². The molecule has 2 saturated heterocycles. The van der Waals surface area contributed by atoms with Crippen LogP contribution in [-0.2, 0) is 56.6 Å². The normalized spacial score (nSPS) is 23.0. The second-order valence-electron chi connectivity index (χ2n) is 25.8. The Labute approximate surface area is 545 Å². The number of carbonyl (C=O) groups is 2. The van der Waals surface area contributed by atoms with Crippen molar-refractivity contribution in [2.45, 2.75) is 378 Å². The molecule has 2 heterocycles. The van der Waals surface area contributed by atoms with Crippen LogP contribution in [0.4, 0.5) is 0 Å². The van der Waals surface area contributed by atoms with Crippen molar-refractivity contribution in [1.82, 2.24) is 5.32 Å². The number of aliphatic hydroxyl groups excluding tert-OH is 3. The molecule has 532 valence electrons. The Hall–Kier alpha value is -1.65. The number of phosphoric acid groups is 1. The van der Waals surface area contributed by atoms with Gasteiger partial charge in [0.1, 0.15) is 55.4 Å². The maximum Gasteiger partial charge on any atom is 0.470 e. The van der Waals surface area contributed by atoms with E-state index in [-0.39, 0.29) is 32.3 Å². The first-order valence-electron chi connectivity index (χ1n) is 36.5. The molecule has 0 saturated carbocycles. The second-order valence-corrected chi connectivity index (χ2v) is 26.9. The number of aliphatic carboxylic acids is 1. The zero-order valence-electron chi connectivity index (χ0n) is 57.3. The number of carboxylic acid groups (broad SMARTS) is 1. The molecule has 0 bridgehead atoms. The highest BCUT2D eigenvalue weighted by Crippen LogP contribution is 2.42. The van der Waals surface area contributed by atoms with Crippen molar-refractivity contribution in [2.75, 3.05) is 46.2 Å². The number of amides is 1. The Balaban J connectivity index is 2.32. The monoisotopic (exact) mass is 1310 g/mol. The Morgan fingerprint density at radius 2 is 0.944 bits per heavy atom. The van der Waals surface area contributed by atoms with Gasteiger partial charge in [-0.05, 0) is 64.2 Å². The molecular weight excluding hydrogens is 1170 g/mol. The Bertz CT molecular complexity index is 1750. The Morgan fingerprint density at radius 1 is 0.500 bits per heavy atom. The maximum atomic E-state index is 13.1. The average Bonchev–Trinajstić information content (AvgIpc) is 3.52. The van der Waals surface area contributed by atoms with Crippen LogP contribution in [0.3, 0.4) is 0 Å². The number of hydrogen-bond donors (Lipinski definition) is 7. The third-order valence-corrected chi connectivity index (χ3v) is 18.0. The highest BCUT2D eigenvalue weighted by molar-refractivity contribution is 7.46. The van der Waals surface area contributed by atoms with Gasteiger partial charge >= 0.3 is 13.8 Å². The van der Waals surface area contributed by atoms with Gasteiger partial charge in [0.05, 0.1) is 25.4 Å². The summed E-state index contributed by atoms with van der Waals surface area (Å²) in [7, 11) is -5.26. The van der Waals surface area contributed by atoms with E-state index in [1.807, 2.05) is 0 Å². The SMILES string of the molecule is CCCCCC/C=C\CCCCCCO[C@H](CCCCCCCCCCC)CCO[C@@H]1[C@@H](NC(C)=O)[C@H](OC[C@H]2O[C@H](OCC(=O)O)[C@H](OCCC(O)CCCCCCCCCCC)[C@@H](OCCCCCCCCCCCC)[C@@H]2O)O[C@H](CO)[C@H]1OP(=O)(O)O. The summed E-state index contributed by atoms with van der Waals surface area (Å²) < 4.78 is 68.6. The number of nitrogens with one attached hydrogen (secondary N) is 1. The number of phosphoric ester groups is 1. The van der Waals surface area contributed by atoms with E-state index in [2.05, 4.69) is 45.2 Å². The molecule has 2 aliphatic heterocycles. The van der Waals surface area contributed by atoms with E-state index in [4.69, 9.17) is 42.4 Å². The minimum absolute atomic E-state index is 0.0301. The number of carboxylic acids is 1. The fraction of sp³-hybridized carbons (Fsp3) is 0.943. The molecule has 0 aromatic heterocycles. The lowest BCUT2D eigenvalue weighted by Crippen LogP contribution is -2.66. The molecule has 2 aliphatic rings. The Kier molecular flexibility index (Phi) is 53.0. The first kappa shape index (κ1) is 84.4. The molecule has 19 nitrogen and oxygen atoms in total. The van der Waals surface area contributed by atoms with Gasteiger partial charge in [0.25, 0.3) is 0 Å². The predicted molar refractivity (Wildman–Crippen MR) is 355 cm³/mol. The van der Waals surface area contributed by atoms with Crippen LogP contribution in [-0.4, -0.2) is 162 Å². The number of rotatable bonds is 63. The first-order valence-corrected chi connectivity index (χ1v) is 38.1. The predicted octanol–water partition coefficient (Wildman–Crippen LogP) is 14.8. The van der Waals surface area contributed by atoms with Crippen LogP contribution < -0.4 is 5.32 Å². The molecule has 0 spiro atoms. The fourth-order valence-corrected chi connectivity index (χ4v) is 12.7. The molecule has 90 heavy (non-hydrogen) atoms. The van der Waals surface area contributed by atoms with Gasteiger partial charge in [0.15, 0.2) is 12.6 Å². The van der Waals surface area contributed by atoms with Crippen molar-refractivity contribution in [3.8, 4) is 0 Å². The summed E-state index contributed by atoms with van der Waals surface area (Å²) in [5.74, 6) is -1.82. The van der Waals surface area contributed by atoms with E-state index in [0.29, 0.717) is 25.9 Å². The lowest BCUT2D eigenvalue weighted by Gasteiger charge is -2.47. The molecule has 2 rings (SSSR count). The lowest BCUT2D eigenvalue weighted by molar-refractivity contribution is -0.330. The van der Waals surface area contributed by atoms with Crippen molar-refractivity contribution in [2.24, 2.45) is 0 Å². The average molecular weight is 1310 g/mol. The van der Waals surface area contributed by atoms with E-state index in [0.717, 1.165) is 109 Å². The number of ether oxygens (including phenoxy) is 8. The largest absolute Gasteiger partial charge is 0.480 e.